The highest BCUT2D eigenvalue weighted by Crippen LogP contribution is 2.15. The average Bonchev–Trinajstić information content (AvgIpc) is 2.03. The molecule has 3 heteroatoms. The van der Waals surface area contributed by atoms with E-state index in [9.17, 15) is 4.79 Å². The first-order valence-corrected chi connectivity index (χ1v) is 4.73. The first-order valence-electron chi connectivity index (χ1n) is 4.73. The van der Waals surface area contributed by atoms with Crippen LogP contribution in [0.2, 0.25) is 0 Å². The number of carbonyl (C=O) groups excluding carboxylic acids is 1. The van der Waals surface area contributed by atoms with Crippen LogP contribution in [0.25, 0.3) is 0 Å². The standard InChI is InChI=1S/C10H21NO2/c1-6-8(7-12)9(13)11(5)10(2,3)4/h8,12H,6-7H2,1-5H3. The summed E-state index contributed by atoms with van der Waals surface area (Å²) in [6.07, 6.45) is 0.690. The Hall–Kier alpha value is -0.570. The molecule has 0 spiro atoms. The molecule has 0 aliphatic carbocycles. The minimum Gasteiger partial charge on any atom is -0.396 e. The highest BCUT2D eigenvalue weighted by molar-refractivity contribution is 5.79. The van der Waals surface area contributed by atoms with E-state index in [-0.39, 0.29) is 24.0 Å². The highest BCUT2D eigenvalue weighted by Gasteiger charge is 2.27. The van der Waals surface area contributed by atoms with Crippen LogP contribution in [0.1, 0.15) is 34.1 Å². The second-order valence-corrected chi connectivity index (χ2v) is 4.36. The number of hydrogen-bond acceptors (Lipinski definition) is 2. The average molecular weight is 187 g/mol. The lowest BCUT2D eigenvalue weighted by Gasteiger charge is -2.34. The minimum atomic E-state index is -0.246. The first kappa shape index (κ1) is 12.4. The number of aliphatic hydroxyl groups is 1. The maximum absolute atomic E-state index is 11.7. The molecule has 1 amide bonds. The molecule has 0 fully saturated rings. The summed E-state index contributed by atoms with van der Waals surface area (Å²) in [5, 5.41) is 8.96. The van der Waals surface area contributed by atoms with Crippen molar-refractivity contribution in [3.05, 3.63) is 0 Å². The largest absolute Gasteiger partial charge is 0.396 e. The molecule has 0 rings (SSSR count). The van der Waals surface area contributed by atoms with E-state index >= 15 is 0 Å². The molecular formula is C10H21NO2. The zero-order chi connectivity index (χ0) is 10.6. The SMILES string of the molecule is CCC(CO)C(=O)N(C)C(C)(C)C. The predicted octanol–water partition coefficient (Wildman–Crippen LogP) is 1.26. The molecule has 0 heterocycles. The molecule has 1 atom stereocenters. The molecule has 0 aromatic rings. The predicted molar refractivity (Wildman–Crippen MR) is 53.4 cm³/mol. The van der Waals surface area contributed by atoms with Gasteiger partial charge in [0.25, 0.3) is 0 Å². The smallest absolute Gasteiger partial charge is 0.228 e. The van der Waals surface area contributed by atoms with Gasteiger partial charge in [-0.1, -0.05) is 6.92 Å². The molecule has 0 saturated heterocycles. The van der Waals surface area contributed by atoms with Crippen LogP contribution < -0.4 is 0 Å². The lowest BCUT2D eigenvalue weighted by Crippen LogP contribution is -2.46. The molecule has 0 aromatic carbocycles. The third-order valence-electron chi connectivity index (χ3n) is 2.40. The van der Waals surface area contributed by atoms with E-state index in [1.165, 1.54) is 0 Å². The monoisotopic (exact) mass is 187 g/mol. The van der Waals surface area contributed by atoms with Crippen molar-refractivity contribution in [2.45, 2.75) is 39.7 Å². The van der Waals surface area contributed by atoms with Gasteiger partial charge in [-0.2, -0.15) is 0 Å². The third-order valence-corrected chi connectivity index (χ3v) is 2.40. The molecule has 0 radical (unpaired) electrons. The Morgan fingerprint density at radius 1 is 1.46 bits per heavy atom. The Morgan fingerprint density at radius 2 is 1.92 bits per heavy atom. The van der Waals surface area contributed by atoms with E-state index in [1.54, 1.807) is 11.9 Å². The van der Waals surface area contributed by atoms with E-state index in [0.29, 0.717) is 6.42 Å². The highest BCUT2D eigenvalue weighted by atomic mass is 16.3. The second-order valence-electron chi connectivity index (χ2n) is 4.36. The summed E-state index contributed by atoms with van der Waals surface area (Å²) in [4.78, 5) is 13.4. The molecule has 1 N–H and O–H groups in total. The number of hydrogen-bond donors (Lipinski definition) is 1. The van der Waals surface area contributed by atoms with Gasteiger partial charge >= 0.3 is 0 Å². The molecule has 0 aliphatic heterocycles. The fraction of sp³-hybridized carbons (Fsp3) is 0.900. The zero-order valence-electron chi connectivity index (χ0n) is 9.29. The van der Waals surface area contributed by atoms with Crippen molar-refractivity contribution in [2.75, 3.05) is 13.7 Å². The van der Waals surface area contributed by atoms with Crippen molar-refractivity contribution < 1.29 is 9.90 Å². The quantitative estimate of drug-likeness (QED) is 0.722. The van der Waals surface area contributed by atoms with Crippen LogP contribution in [0.15, 0.2) is 0 Å². The molecule has 3 nitrogen and oxygen atoms in total. The summed E-state index contributed by atoms with van der Waals surface area (Å²) in [5.41, 5.74) is -0.167. The maximum Gasteiger partial charge on any atom is 0.228 e. The van der Waals surface area contributed by atoms with Crippen LogP contribution in [-0.2, 0) is 4.79 Å². The molecule has 1 unspecified atom stereocenters. The summed E-state index contributed by atoms with van der Waals surface area (Å²) >= 11 is 0. The van der Waals surface area contributed by atoms with Crippen molar-refractivity contribution in [3.8, 4) is 0 Å². The van der Waals surface area contributed by atoms with Crippen LogP contribution >= 0.6 is 0 Å². The molecule has 0 bridgehead atoms. The molecule has 13 heavy (non-hydrogen) atoms. The Balaban J connectivity index is 4.41. The van der Waals surface area contributed by atoms with E-state index in [4.69, 9.17) is 5.11 Å². The van der Waals surface area contributed by atoms with E-state index in [2.05, 4.69) is 0 Å². The molecule has 0 aliphatic rings. The first-order chi connectivity index (χ1) is 5.84. The van der Waals surface area contributed by atoms with Gasteiger partial charge in [0.05, 0.1) is 12.5 Å². The number of amides is 1. The van der Waals surface area contributed by atoms with Crippen LogP contribution in [0.4, 0.5) is 0 Å². The van der Waals surface area contributed by atoms with E-state index in [0.717, 1.165) is 0 Å². The number of nitrogens with zero attached hydrogens (tertiary/aromatic N) is 1. The number of aliphatic hydroxyl groups excluding tert-OH is 1. The fourth-order valence-electron chi connectivity index (χ4n) is 0.986. The van der Waals surface area contributed by atoms with Crippen LogP contribution in [-0.4, -0.2) is 35.1 Å². The van der Waals surface area contributed by atoms with Crippen molar-refractivity contribution in [1.29, 1.82) is 0 Å². The van der Waals surface area contributed by atoms with Crippen LogP contribution in [0.5, 0.6) is 0 Å². The summed E-state index contributed by atoms with van der Waals surface area (Å²) in [5.74, 6) is -0.221. The summed E-state index contributed by atoms with van der Waals surface area (Å²) < 4.78 is 0. The lowest BCUT2D eigenvalue weighted by molar-refractivity contribution is -0.139. The zero-order valence-corrected chi connectivity index (χ0v) is 9.29. The van der Waals surface area contributed by atoms with Gasteiger partial charge in [0.1, 0.15) is 0 Å². The van der Waals surface area contributed by atoms with Gasteiger partial charge in [0.15, 0.2) is 0 Å². The fourth-order valence-corrected chi connectivity index (χ4v) is 0.986. The van der Waals surface area contributed by atoms with Gasteiger partial charge in [-0.15, -0.1) is 0 Å². The number of carbonyl (C=O) groups is 1. The Labute approximate surface area is 80.7 Å². The van der Waals surface area contributed by atoms with Crippen molar-refractivity contribution in [3.63, 3.8) is 0 Å². The van der Waals surface area contributed by atoms with Gasteiger partial charge < -0.3 is 10.0 Å². The summed E-state index contributed by atoms with van der Waals surface area (Å²) in [6, 6.07) is 0. The Bertz CT molecular complexity index is 168. The van der Waals surface area contributed by atoms with E-state index < -0.39 is 0 Å². The van der Waals surface area contributed by atoms with E-state index in [1.807, 2.05) is 27.7 Å². The minimum absolute atomic E-state index is 0.0255. The summed E-state index contributed by atoms with van der Waals surface area (Å²) in [6.45, 7) is 7.80. The molecular weight excluding hydrogens is 166 g/mol. The lowest BCUT2D eigenvalue weighted by atomic mass is 10.0. The Morgan fingerprint density at radius 3 is 2.15 bits per heavy atom. The van der Waals surface area contributed by atoms with Gasteiger partial charge in [-0.3, -0.25) is 4.79 Å². The van der Waals surface area contributed by atoms with Gasteiger partial charge in [0, 0.05) is 12.6 Å². The number of rotatable bonds is 3. The molecule has 0 aromatic heterocycles. The topological polar surface area (TPSA) is 40.5 Å². The normalized spacial score (nSPS) is 14.0. The van der Waals surface area contributed by atoms with Crippen molar-refractivity contribution >= 4 is 5.91 Å². The van der Waals surface area contributed by atoms with Crippen molar-refractivity contribution in [2.24, 2.45) is 5.92 Å². The Kier molecular flexibility index (Phi) is 4.40. The molecule has 78 valence electrons. The summed E-state index contributed by atoms with van der Waals surface area (Å²) in [7, 11) is 1.78. The van der Waals surface area contributed by atoms with Crippen molar-refractivity contribution in [1.82, 2.24) is 4.90 Å². The molecule has 0 saturated carbocycles. The van der Waals surface area contributed by atoms with Gasteiger partial charge in [-0.25, -0.2) is 0 Å². The maximum atomic E-state index is 11.7. The van der Waals surface area contributed by atoms with Crippen LogP contribution in [0, 0.1) is 5.92 Å². The second kappa shape index (κ2) is 4.61. The van der Waals surface area contributed by atoms with Gasteiger partial charge in [-0.05, 0) is 27.2 Å². The third kappa shape index (κ3) is 3.35. The van der Waals surface area contributed by atoms with Gasteiger partial charge in [0.2, 0.25) is 5.91 Å². The van der Waals surface area contributed by atoms with Crippen LogP contribution in [0.3, 0.4) is 0 Å².